The lowest BCUT2D eigenvalue weighted by molar-refractivity contribution is 0.0928. The van der Waals surface area contributed by atoms with Gasteiger partial charge in [-0.05, 0) is 40.9 Å². The maximum atomic E-state index is 13.2. The molecule has 0 radical (unpaired) electrons. The number of benzene rings is 1. The summed E-state index contributed by atoms with van der Waals surface area (Å²) in [6, 6.07) is 2.35. The fourth-order valence-corrected chi connectivity index (χ4v) is 2.03. The van der Waals surface area contributed by atoms with E-state index in [0.29, 0.717) is 17.3 Å². The zero-order valence-corrected chi connectivity index (χ0v) is 11.6. The van der Waals surface area contributed by atoms with Crippen LogP contribution >= 0.6 is 15.9 Å². The fourth-order valence-electron chi connectivity index (χ4n) is 1.54. The number of rotatable bonds is 5. The summed E-state index contributed by atoms with van der Waals surface area (Å²) >= 11 is 3.13. The van der Waals surface area contributed by atoms with Gasteiger partial charge in [0.2, 0.25) is 0 Å². The zero-order chi connectivity index (χ0) is 13.7. The van der Waals surface area contributed by atoms with Gasteiger partial charge in [-0.15, -0.1) is 0 Å². The number of nitrogens with one attached hydrogen (secondary N) is 1. The molecule has 1 rings (SSSR count). The highest BCUT2D eigenvalue weighted by atomic mass is 79.9. The number of nitrogen functional groups attached to an aromatic ring is 1. The third kappa shape index (κ3) is 3.68. The van der Waals surface area contributed by atoms with Crippen molar-refractivity contribution in [3.8, 4) is 0 Å². The molecule has 0 spiro atoms. The monoisotopic (exact) mass is 318 g/mol. The summed E-state index contributed by atoms with van der Waals surface area (Å²) in [6.07, 6.45) is 1.19. The van der Waals surface area contributed by atoms with Gasteiger partial charge < -0.3 is 16.2 Å². The molecule has 1 amide bonds. The Kier molecular flexibility index (Phi) is 5.55. The summed E-state index contributed by atoms with van der Waals surface area (Å²) in [5, 5.41) is 11.6. The van der Waals surface area contributed by atoms with Crippen molar-refractivity contribution in [1.29, 1.82) is 0 Å². The molecule has 0 saturated heterocycles. The minimum atomic E-state index is -0.569. The summed E-state index contributed by atoms with van der Waals surface area (Å²) in [4.78, 5) is 12.0. The van der Waals surface area contributed by atoms with E-state index in [4.69, 9.17) is 10.8 Å². The lowest BCUT2D eigenvalue weighted by Crippen LogP contribution is -2.35. The standard InChI is InChI=1S/C12H16BrFN2O2/c1-2-7(3-4-17)16-12(18)8-5-11(15)10(14)6-9(8)13/h5-7,17H,2-4,15H2,1H3,(H,16,18). The summed E-state index contributed by atoms with van der Waals surface area (Å²) in [7, 11) is 0. The first-order valence-corrected chi connectivity index (χ1v) is 6.45. The molecule has 1 aromatic rings. The summed E-state index contributed by atoms with van der Waals surface area (Å²) in [6.45, 7) is 1.92. The third-order valence-electron chi connectivity index (χ3n) is 2.64. The van der Waals surface area contributed by atoms with Crippen molar-refractivity contribution < 1.29 is 14.3 Å². The quantitative estimate of drug-likeness (QED) is 0.727. The molecule has 0 aromatic heterocycles. The maximum Gasteiger partial charge on any atom is 0.252 e. The molecule has 18 heavy (non-hydrogen) atoms. The van der Waals surface area contributed by atoms with Gasteiger partial charge in [0.05, 0.1) is 11.3 Å². The highest BCUT2D eigenvalue weighted by molar-refractivity contribution is 9.10. The molecular weight excluding hydrogens is 303 g/mol. The second-order valence-electron chi connectivity index (χ2n) is 3.94. The molecule has 4 nitrogen and oxygen atoms in total. The van der Waals surface area contributed by atoms with E-state index < -0.39 is 5.82 Å². The number of aliphatic hydroxyl groups is 1. The van der Waals surface area contributed by atoms with Gasteiger partial charge in [0.15, 0.2) is 0 Å². The molecule has 1 atom stereocenters. The molecule has 6 heteroatoms. The van der Waals surface area contributed by atoms with Crippen LogP contribution in [-0.4, -0.2) is 23.7 Å². The molecule has 4 N–H and O–H groups in total. The molecule has 0 aliphatic heterocycles. The molecule has 0 aliphatic rings. The van der Waals surface area contributed by atoms with Crippen LogP contribution in [0.15, 0.2) is 16.6 Å². The Balaban J connectivity index is 2.87. The van der Waals surface area contributed by atoms with Crippen LogP contribution < -0.4 is 11.1 Å². The van der Waals surface area contributed by atoms with Gasteiger partial charge in [0, 0.05) is 17.1 Å². The Morgan fingerprint density at radius 2 is 2.28 bits per heavy atom. The van der Waals surface area contributed by atoms with E-state index in [1.54, 1.807) is 0 Å². The summed E-state index contributed by atoms with van der Waals surface area (Å²) < 4.78 is 13.5. The smallest absolute Gasteiger partial charge is 0.252 e. The highest BCUT2D eigenvalue weighted by Gasteiger charge is 2.16. The zero-order valence-electron chi connectivity index (χ0n) is 10.0. The number of aliphatic hydroxyl groups excluding tert-OH is 1. The van der Waals surface area contributed by atoms with Crippen LogP contribution in [0, 0.1) is 5.82 Å². The second kappa shape index (κ2) is 6.70. The predicted octanol–water partition coefficient (Wildman–Crippen LogP) is 2.06. The van der Waals surface area contributed by atoms with E-state index in [9.17, 15) is 9.18 Å². The SMILES string of the molecule is CCC(CCO)NC(=O)c1cc(N)c(F)cc1Br. The average Bonchev–Trinajstić information content (AvgIpc) is 2.33. The molecule has 0 aliphatic carbocycles. The Bertz CT molecular complexity index is 440. The first-order valence-electron chi connectivity index (χ1n) is 5.65. The number of hydrogen-bond donors (Lipinski definition) is 3. The lowest BCUT2D eigenvalue weighted by atomic mass is 10.1. The average molecular weight is 319 g/mol. The van der Waals surface area contributed by atoms with Gasteiger partial charge in [-0.1, -0.05) is 6.92 Å². The van der Waals surface area contributed by atoms with Gasteiger partial charge >= 0.3 is 0 Å². The number of carbonyl (C=O) groups is 1. The molecule has 0 bridgehead atoms. The first kappa shape index (κ1) is 14.9. The molecule has 1 unspecified atom stereocenters. The van der Waals surface area contributed by atoms with Crippen molar-refractivity contribution >= 4 is 27.5 Å². The number of anilines is 1. The van der Waals surface area contributed by atoms with Crippen molar-refractivity contribution in [2.24, 2.45) is 0 Å². The van der Waals surface area contributed by atoms with Crippen LogP contribution in [0.25, 0.3) is 0 Å². The van der Waals surface area contributed by atoms with Crippen molar-refractivity contribution in [3.63, 3.8) is 0 Å². The van der Waals surface area contributed by atoms with Crippen molar-refractivity contribution in [3.05, 3.63) is 28.0 Å². The largest absolute Gasteiger partial charge is 0.396 e. The maximum absolute atomic E-state index is 13.2. The number of nitrogens with two attached hydrogens (primary N) is 1. The third-order valence-corrected chi connectivity index (χ3v) is 3.29. The lowest BCUT2D eigenvalue weighted by Gasteiger charge is -2.16. The number of amides is 1. The number of halogens is 2. The van der Waals surface area contributed by atoms with Crippen LogP contribution in [0.2, 0.25) is 0 Å². The van der Waals surface area contributed by atoms with Gasteiger partial charge in [-0.25, -0.2) is 4.39 Å². The van der Waals surface area contributed by atoms with E-state index in [0.717, 1.165) is 6.07 Å². The van der Waals surface area contributed by atoms with Gasteiger partial charge in [0.1, 0.15) is 5.82 Å². The molecule has 1 aromatic carbocycles. The summed E-state index contributed by atoms with van der Waals surface area (Å²) in [5.74, 6) is -0.908. The number of hydrogen-bond acceptors (Lipinski definition) is 3. The van der Waals surface area contributed by atoms with E-state index in [-0.39, 0.29) is 29.8 Å². The normalized spacial score (nSPS) is 12.2. The van der Waals surface area contributed by atoms with Crippen LogP contribution in [0.1, 0.15) is 30.1 Å². The van der Waals surface area contributed by atoms with Crippen LogP contribution in [-0.2, 0) is 0 Å². The minimum absolute atomic E-state index is 0.00547. The van der Waals surface area contributed by atoms with Gasteiger partial charge in [0.25, 0.3) is 5.91 Å². The first-order chi connectivity index (χ1) is 8.49. The molecule has 0 heterocycles. The van der Waals surface area contributed by atoms with E-state index in [1.807, 2.05) is 6.92 Å². The van der Waals surface area contributed by atoms with Crippen molar-refractivity contribution in [2.75, 3.05) is 12.3 Å². The molecule has 100 valence electrons. The Morgan fingerprint density at radius 3 is 2.83 bits per heavy atom. The summed E-state index contributed by atoms with van der Waals surface area (Å²) in [5.41, 5.74) is 5.65. The van der Waals surface area contributed by atoms with Gasteiger partial charge in [-0.2, -0.15) is 0 Å². The second-order valence-corrected chi connectivity index (χ2v) is 4.80. The Labute approximate surface area is 113 Å². The molecule has 0 saturated carbocycles. The Hall–Kier alpha value is -1.14. The fraction of sp³-hybridized carbons (Fsp3) is 0.417. The van der Waals surface area contributed by atoms with E-state index in [1.165, 1.54) is 6.07 Å². The van der Waals surface area contributed by atoms with Gasteiger partial charge in [-0.3, -0.25) is 4.79 Å². The van der Waals surface area contributed by atoms with Crippen molar-refractivity contribution in [2.45, 2.75) is 25.8 Å². The van der Waals surface area contributed by atoms with Crippen molar-refractivity contribution in [1.82, 2.24) is 5.32 Å². The van der Waals surface area contributed by atoms with E-state index >= 15 is 0 Å². The molecule has 0 fully saturated rings. The van der Waals surface area contributed by atoms with Crippen LogP contribution in [0.3, 0.4) is 0 Å². The molecular formula is C12H16BrFN2O2. The topological polar surface area (TPSA) is 75.3 Å². The Morgan fingerprint density at radius 1 is 1.61 bits per heavy atom. The van der Waals surface area contributed by atoms with E-state index in [2.05, 4.69) is 21.2 Å². The minimum Gasteiger partial charge on any atom is -0.396 e. The highest BCUT2D eigenvalue weighted by Crippen LogP contribution is 2.23. The van der Waals surface area contributed by atoms with Crippen LogP contribution in [0.4, 0.5) is 10.1 Å². The predicted molar refractivity (Wildman–Crippen MR) is 71.8 cm³/mol. The van der Waals surface area contributed by atoms with Crippen LogP contribution in [0.5, 0.6) is 0 Å². The number of carbonyl (C=O) groups excluding carboxylic acids is 1.